The quantitative estimate of drug-likeness (QED) is 0.663. The molecule has 16 heavy (non-hydrogen) atoms. The number of fused-ring (bicyclic) bond motifs is 3. The first-order valence-electron chi connectivity index (χ1n) is 6.42. The van der Waals surface area contributed by atoms with E-state index in [1.165, 1.54) is 72.8 Å². The molecule has 0 unspecified atom stereocenters. The highest BCUT2D eigenvalue weighted by Gasteiger charge is 2.48. The average molecular weight is 262 g/mol. The predicted octanol–water partition coefficient (Wildman–Crippen LogP) is 1.37. The van der Waals surface area contributed by atoms with Crippen LogP contribution in [0.1, 0.15) is 0 Å². The summed E-state index contributed by atoms with van der Waals surface area (Å²) in [6.07, 6.45) is 4.48. The van der Waals surface area contributed by atoms with Gasteiger partial charge >= 0.3 is 0 Å². The molecule has 3 aliphatic rings. The van der Waals surface area contributed by atoms with Gasteiger partial charge in [0, 0.05) is 11.5 Å². The van der Waals surface area contributed by atoms with Crippen molar-refractivity contribution in [3.8, 4) is 0 Å². The van der Waals surface area contributed by atoms with E-state index < -0.39 is 0 Å². The topological polar surface area (TPSA) is 0 Å². The third-order valence-electron chi connectivity index (χ3n) is 4.69. The van der Waals surface area contributed by atoms with Gasteiger partial charge in [0.05, 0.1) is 13.1 Å². The molecule has 0 amide bonds. The third-order valence-corrected chi connectivity index (χ3v) is 5.87. The van der Waals surface area contributed by atoms with Crippen LogP contribution in [0.25, 0.3) is 0 Å². The van der Waals surface area contributed by atoms with Gasteiger partial charge in [-0.1, -0.05) is 0 Å². The smallest absolute Gasteiger partial charge is 0.129 e. The molecule has 0 aromatic heterocycles. The SMILES string of the molecule is CSCC[N+]12CC[N+](CCSC)(CC1)CC2. The lowest BCUT2D eigenvalue weighted by Crippen LogP contribution is -2.75. The van der Waals surface area contributed by atoms with Gasteiger partial charge in [-0.2, -0.15) is 23.5 Å². The maximum atomic E-state index is 2.24. The summed E-state index contributed by atoms with van der Waals surface area (Å²) in [5.41, 5.74) is 0. The summed E-state index contributed by atoms with van der Waals surface area (Å²) in [6, 6.07) is 0. The fourth-order valence-electron chi connectivity index (χ4n) is 3.18. The van der Waals surface area contributed by atoms with Gasteiger partial charge in [0.15, 0.2) is 0 Å². The maximum Gasteiger partial charge on any atom is 0.129 e. The molecule has 3 rings (SSSR count). The summed E-state index contributed by atoms with van der Waals surface area (Å²) in [5, 5.41) is 0. The van der Waals surface area contributed by atoms with Gasteiger partial charge in [0.25, 0.3) is 0 Å². The molecule has 0 aromatic rings. The van der Waals surface area contributed by atoms with Crippen molar-refractivity contribution in [2.24, 2.45) is 0 Å². The van der Waals surface area contributed by atoms with Crippen LogP contribution in [0.3, 0.4) is 0 Å². The first kappa shape index (κ1) is 13.1. The molecule has 0 saturated carbocycles. The molecular formula is C12H26N2S2+2. The zero-order chi connectivity index (χ0) is 11.5. The monoisotopic (exact) mass is 262 g/mol. The van der Waals surface area contributed by atoms with Crippen LogP contribution in [0, 0.1) is 0 Å². The van der Waals surface area contributed by atoms with Gasteiger partial charge in [0.1, 0.15) is 39.3 Å². The summed E-state index contributed by atoms with van der Waals surface area (Å²) in [4.78, 5) is 0. The Morgan fingerprint density at radius 2 is 1.00 bits per heavy atom. The Bertz CT molecular complexity index is 185. The fraction of sp³-hybridized carbons (Fsp3) is 1.00. The number of hydrogen-bond donors (Lipinski definition) is 0. The molecule has 3 heterocycles. The number of thioether (sulfide) groups is 2. The second-order valence-corrected chi connectivity index (χ2v) is 7.43. The average Bonchev–Trinajstić information content (AvgIpc) is 2.37. The Hall–Kier alpha value is 0.620. The molecule has 0 radical (unpaired) electrons. The van der Waals surface area contributed by atoms with Gasteiger partial charge in [-0.05, 0) is 12.5 Å². The molecule has 0 aromatic carbocycles. The van der Waals surface area contributed by atoms with Gasteiger partial charge < -0.3 is 8.97 Å². The van der Waals surface area contributed by atoms with Crippen LogP contribution in [-0.2, 0) is 0 Å². The van der Waals surface area contributed by atoms with Crippen LogP contribution >= 0.6 is 23.5 Å². The summed E-state index contributed by atoms with van der Waals surface area (Å²) in [7, 11) is 0. The van der Waals surface area contributed by atoms with E-state index in [0.29, 0.717) is 0 Å². The summed E-state index contributed by atoms with van der Waals surface area (Å²) < 4.78 is 2.89. The van der Waals surface area contributed by atoms with E-state index in [1.807, 2.05) is 23.5 Å². The van der Waals surface area contributed by atoms with Gasteiger partial charge in [-0.25, -0.2) is 0 Å². The Morgan fingerprint density at radius 1 is 0.688 bits per heavy atom. The van der Waals surface area contributed by atoms with Gasteiger partial charge in [0.2, 0.25) is 0 Å². The lowest BCUT2D eigenvalue weighted by Gasteiger charge is -2.55. The van der Waals surface area contributed by atoms with E-state index in [0.717, 1.165) is 0 Å². The molecule has 0 N–H and O–H groups in total. The molecule has 94 valence electrons. The van der Waals surface area contributed by atoms with Gasteiger partial charge in [-0.15, -0.1) is 0 Å². The molecular weight excluding hydrogens is 236 g/mol. The highest BCUT2D eigenvalue weighted by Crippen LogP contribution is 2.27. The molecule has 4 heteroatoms. The van der Waals surface area contributed by atoms with Crippen molar-refractivity contribution in [2.75, 3.05) is 76.4 Å². The van der Waals surface area contributed by atoms with E-state index in [-0.39, 0.29) is 0 Å². The van der Waals surface area contributed by atoms with Crippen molar-refractivity contribution in [3.63, 3.8) is 0 Å². The molecule has 0 aliphatic carbocycles. The lowest BCUT2D eigenvalue weighted by molar-refractivity contribution is -1.08. The second kappa shape index (κ2) is 5.51. The number of rotatable bonds is 6. The van der Waals surface area contributed by atoms with Crippen molar-refractivity contribution >= 4 is 23.5 Å². The van der Waals surface area contributed by atoms with E-state index in [4.69, 9.17) is 0 Å². The van der Waals surface area contributed by atoms with Crippen molar-refractivity contribution in [3.05, 3.63) is 0 Å². The molecule has 2 nitrogen and oxygen atoms in total. The van der Waals surface area contributed by atoms with E-state index >= 15 is 0 Å². The number of quaternary nitrogens is 2. The minimum Gasteiger partial charge on any atom is -0.309 e. The highest BCUT2D eigenvalue weighted by molar-refractivity contribution is 7.98. The second-order valence-electron chi connectivity index (χ2n) is 5.46. The van der Waals surface area contributed by atoms with Crippen LogP contribution in [0.15, 0.2) is 0 Å². The van der Waals surface area contributed by atoms with E-state index in [1.54, 1.807) is 0 Å². The molecule has 3 saturated heterocycles. The van der Waals surface area contributed by atoms with Crippen LogP contribution in [-0.4, -0.2) is 85.3 Å². The first-order valence-corrected chi connectivity index (χ1v) is 9.21. The fourth-order valence-corrected chi connectivity index (χ4v) is 4.32. The number of piperazine rings is 3. The minimum atomic E-state index is 1.35. The minimum absolute atomic E-state index is 1.35. The molecule has 2 bridgehead atoms. The summed E-state index contributed by atoms with van der Waals surface area (Å²) in [6.45, 7) is 11.6. The normalized spacial score (nSPS) is 37.9. The van der Waals surface area contributed by atoms with E-state index in [2.05, 4.69) is 12.5 Å². The van der Waals surface area contributed by atoms with Crippen LogP contribution in [0.5, 0.6) is 0 Å². The zero-order valence-electron chi connectivity index (χ0n) is 10.8. The number of hydrogen-bond acceptors (Lipinski definition) is 2. The standard InChI is InChI=1S/C12H26N2S2/c1-15-11-9-13-3-6-14(7-4-13,8-5-13)10-12-16-2/h3-12H2,1-2H3/q+2. The van der Waals surface area contributed by atoms with Crippen molar-refractivity contribution < 1.29 is 8.97 Å². The van der Waals surface area contributed by atoms with Crippen molar-refractivity contribution in [2.45, 2.75) is 0 Å². The Labute approximate surface area is 109 Å². The Morgan fingerprint density at radius 3 is 1.25 bits per heavy atom. The van der Waals surface area contributed by atoms with Crippen LogP contribution in [0.2, 0.25) is 0 Å². The largest absolute Gasteiger partial charge is 0.309 e. The van der Waals surface area contributed by atoms with E-state index in [9.17, 15) is 0 Å². The van der Waals surface area contributed by atoms with Crippen LogP contribution in [0.4, 0.5) is 0 Å². The third kappa shape index (κ3) is 2.71. The van der Waals surface area contributed by atoms with Gasteiger partial charge in [-0.3, -0.25) is 0 Å². The van der Waals surface area contributed by atoms with Crippen molar-refractivity contribution in [1.82, 2.24) is 0 Å². The molecule has 3 aliphatic heterocycles. The highest BCUT2D eigenvalue weighted by atomic mass is 32.2. The molecule has 3 fully saturated rings. The first-order chi connectivity index (χ1) is 7.74. The summed E-state index contributed by atoms with van der Waals surface area (Å²) >= 11 is 4.03. The summed E-state index contributed by atoms with van der Waals surface area (Å²) in [5.74, 6) is 2.70. The zero-order valence-corrected chi connectivity index (χ0v) is 12.4. The number of nitrogens with zero attached hydrogens (tertiary/aromatic N) is 2. The predicted molar refractivity (Wildman–Crippen MR) is 76.2 cm³/mol. The lowest BCUT2D eigenvalue weighted by atomic mass is 10.1. The Balaban J connectivity index is 1.87. The Kier molecular flexibility index (Phi) is 4.50. The molecule has 0 spiro atoms. The molecule has 0 atom stereocenters. The maximum absolute atomic E-state index is 2.24. The van der Waals surface area contributed by atoms with Crippen molar-refractivity contribution in [1.29, 1.82) is 0 Å². The van der Waals surface area contributed by atoms with Crippen LogP contribution < -0.4 is 0 Å².